The lowest BCUT2D eigenvalue weighted by molar-refractivity contribution is 0.830. The van der Waals surface area contributed by atoms with E-state index >= 15 is 0 Å². The second-order valence-electron chi connectivity index (χ2n) is 1.40. The molecule has 1 aromatic heterocycles. The lowest BCUT2D eigenvalue weighted by Gasteiger charge is -1.91. The summed E-state index contributed by atoms with van der Waals surface area (Å²) in [6.07, 6.45) is 1.28. The molecular formula is C4H4N3OS. The third-order valence-electron chi connectivity index (χ3n) is 0.755. The summed E-state index contributed by atoms with van der Waals surface area (Å²) in [5.41, 5.74) is -0.529. The Morgan fingerprint density at radius 1 is 1.89 bits per heavy atom. The molecule has 0 fully saturated rings. The fourth-order valence-corrected chi connectivity index (χ4v) is 0.506. The van der Waals surface area contributed by atoms with Crippen molar-refractivity contribution in [3.05, 3.63) is 22.7 Å². The van der Waals surface area contributed by atoms with Crippen LogP contribution in [0, 0.1) is 6.07 Å². The van der Waals surface area contributed by atoms with Crippen molar-refractivity contribution >= 4 is 12.6 Å². The normalized spacial score (nSPS) is 9.44. The van der Waals surface area contributed by atoms with Gasteiger partial charge in [0.15, 0.2) is 0 Å². The minimum absolute atomic E-state index is 0.252. The van der Waals surface area contributed by atoms with Crippen molar-refractivity contribution in [2.45, 2.75) is 5.03 Å². The van der Waals surface area contributed by atoms with E-state index in [1.807, 2.05) is 0 Å². The number of rotatable bonds is 0. The Kier molecular flexibility index (Phi) is 1.44. The third kappa shape index (κ3) is 1.23. The highest BCUT2D eigenvalue weighted by Gasteiger charge is 1.90. The van der Waals surface area contributed by atoms with Gasteiger partial charge in [-0.05, 0) is 0 Å². The van der Waals surface area contributed by atoms with Crippen LogP contribution in [-0.4, -0.2) is 9.66 Å². The van der Waals surface area contributed by atoms with Gasteiger partial charge in [0, 0.05) is 12.3 Å². The van der Waals surface area contributed by atoms with Crippen molar-refractivity contribution in [3.8, 4) is 0 Å². The van der Waals surface area contributed by atoms with Crippen molar-refractivity contribution < 1.29 is 0 Å². The van der Waals surface area contributed by atoms with E-state index in [1.165, 1.54) is 6.20 Å². The topological polar surface area (TPSA) is 60.9 Å². The molecule has 0 aromatic carbocycles. The Balaban J connectivity index is 3.34. The number of nitrogen functional groups attached to an aromatic ring is 1. The van der Waals surface area contributed by atoms with Crippen molar-refractivity contribution in [1.82, 2.24) is 9.66 Å². The smallest absolute Gasteiger partial charge is 0.335 e. The summed E-state index contributed by atoms with van der Waals surface area (Å²) < 4.78 is 0.833. The number of hydrogen-bond acceptors (Lipinski definition) is 4. The van der Waals surface area contributed by atoms with Crippen LogP contribution in [0.15, 0.2) is 16.0 Å². The Hall–Kier alpha value is -0.970. The molecule has 5 heteroatoms. The van der Waals surface area contributed by atoms with Crippen LogP contribution >= 0.6 is 12.6 Å². The van der Waals surface area contributed by atoms with Gasteiger partial charge in [-0.15, -0.1) is 12.6 Å². The van der Waals surface area contributed by atoms with Gasteiger partial charge in [-0.1, -0.05) is 0 Å². The predicted molar refractivity (Wildman–Crippen MR) is 34.7 cm³/mol. The Morgan fingerprint density at radius 2 is 2.56 bits per heavy atom. The summed E-state index contributed by atoms with van der Waals surface area (Å²) in [6.45, 7) is 0. The van der Waals surface area contributed by atoms with Crippen molar-refractivity contribution in [3.63, 3.8) is 0 Å². The van der Waals surface area contributed by atoms with Crippen LogP contribution in [0.1, 0.15) is 0 Å². The fourth-order valence-electron chi connectivity index (χ4n) is 0.363. The van der Waals surface area contributed by atoms with Crippen LogP contribution in [0.3, 0.4) is 0 Å². The molecule has 2 N–H and O–H groups in total. The number of aromatic nitrogens is 2. The molecule has 0 atom stereocenters. The van der Waals surface area contributed by atoms with Crippen LogP contribution < -0.4 is 11.5 Å². The van der Waals surface area contributed by atoms with Crippen molar-refractivity contribution in [1.29, 1.82) is 0 Å². The maximum atomic E-state index is 10.5. The summed E-state index contributed by atoms with van der Waals surface area (Å²) in [7, 11) is 0. The average molecular weight is 142 g/mol. The molecule has 0 saturated carbocycles. The molecule has 9 heavy (non-hydrogen) atoms. The van der Waals surface area contributed by atoms with Gasteiger partial charge in [-0.2, -0.15) is 4.98 Å². The van der Waals surface area contributed by atoms with E-state index in [0.29, 0.717) is 0 Å². The number of thiol groups is 1. The van der Waals surface area contributed by atoms with E-state index in [1.54, 1.807) is 0 Å². The second-order valence-corrected chi connectivity index (χ2v) is 1.82. The first-order valence-electron chi connectivity index (χ1n) is 2.15. The van der Waals surface area contributed by atoms with E-state index < -0.39 is 5.69 Å². The third-order valence-corrected chi connectivity index (χ3v) is 0.984. The van der Waals surface area contributed by atoms with Crippen molar-refractivity contribution in [2.75, 3.05) is 5.84 Å². The average Bonchev–Trinajstić information content (AvgIpc) is 1.80. The molecule has 0 saturated heterocycles. The summed E-state index contributed by atoms with van der Waals surface area (Å²) in [6, 6.07) is 2.53. The molecule has 47 valence electrons. The molecule has 0 spiro atoms. The highest BCUT2D eigenvalue weighted by molar-refractivity contribution is 7.80. The minimum Gasteiger partial charge on any atom is -0.335 e. The van der Waals surface area contributed by atoms with Gasteiger partial charge < -0.3 is 5.84 Å². The summed E-state index contributed by atoms with van der Waals surface area (Å²) >= 11 is 3.77. The predicted octanol–water partition coefficient (Wildman–Crippen LogP) is -0.954. The highest BCUT2D eigenvalue weighted by atomic mass is 32.1. The molecule has 0 amide bonds. The molecule has 1 radical (unpaired) electrons. The van der Waals surface area contributed by atoms with Gasteiger partial charge >= 0.3 is 5.69 Å². The van der Waals surface area contributed by atoms with Gasteiger partial charge in [0.05, 0.1) is 0 Å². The highest BCUT2D eigenvalue weighted by Crippen LogP contribution is 1.90. The van der Waals surface area contributed by atoms with Crippen LogP contribution in [0.25, 0.3) is 0 Å². The number of hydrogen-bond donors (Lipinski definition) is 2. The molecule has 0 bridgehead atoms. The molecule has 0 aliphatic rings. The SMILES string of the molecule is Nn1c[c]c(S)nc1=O. The molecule has 0 aliphatic heterocycles. The van der Waals surface area contributed by atoms with Crippen LogP contribution in [0.2, 0.25) is 0 Å². The molecule has 0 unspecified atom stereocenters. The number of nitrogens with two attached hydrogens (primary N) is 1. The monoisotopic (exact) mass is 142 g/mol. The first kappa shape index (κ1) is 6.15. The van der Waals surface area contributed by atoms with E-state index in [2.05, 4.69) is 23.7 Å². The van der Waals surface area contributed by atoms with Gasteiger partial charge in [0.1, 0.15) is 5.03 Å². The Labute approximate surface area is 56.7 Å². The summed E-state index contributed by atoms with van der Waals surface area (Å²) in [5.74, 6) is 5.07. The first-order chi connectivity index (χ1) is 4.20. The Bertz CT molecular complexity index is 269. The van der Waals surface area contributed by atoms with Crippen LogP contribution in [0.5, 0.6) is 0 Å². The van der Waals surface area contributed by atoms with E-state index in [-0.39, 0.29) is 5.03 Å². The summed E-state index contributed by atoms with van der Waals surface area (Å²) in [5, 5.41) is 0.252. The van der Waals surface area contributed by atoms with E-state index in [0.717, 1.165) is 4.68 Å². The van der Waals surface area contributed by atoms with E-state index in [4.69, 9.17) is 5.84 Å². The van der Waals surface area contributed by atoms with Gasteiger partial charge in [0.25, 0.3) is 0 Å². The minimum atomic E-state index is -0.529. The van der Waals surface area contributed by atoms with E-state index in [9.17, 15) is 4.79 Å². The summed E-state index contributed by atoms with van der Waals surface area (Å²) in [4.78, 5) is 13.9. The van der Waals surface area contributed by atoms with Gasteiger partial charge in [0.2, 0.25) is 0 Å². The second kappa shape index (κ2) is 2.10. The Morgan fingerprint density at radius 3 is 3.00 bits per heavy atom. The zero-order valence-corrected chi connectivity index (χ0v) is 5.30. The zero-order valence-electron chi connectivity index (χ0n) is 4.40. The van der Waals surface area contributed by atoms with Crippen LogP contribution in [-0.2, 0) is 0 Å². The maximum Gasteiger partial charge on any atom is 0.366 e. The largest absolute Gasteiger partial charge is 0.366 e. The maximum absolute atomic E-state index is 10.5. The van der Waals surface area contributed by atoms with Gasteiger partial charge in [-0.25, -0.2) is 9.47 Å². The molecular weight excluding hydrogens is 138 g/mol. The van der Waals surface area contributed by atoms with Crippen molar-refractivity contribution in [2.24, 2.45) is 0 Å². The standard InChI is InChI=1S/C4H4N3OS/c5-7-2-1-3(9)6-4(7)8/h2H,5H2,(H,6,8,9). The lowest BCUT2D eigenvalue weighted by Crippen LogP contribution is -2.28. The molecule has 1 heterocycles. The first-order valence-corrected chi connectivity index (χ1v) is 2.60. The van der Waals surface area contributed by atoms with Gasteiger partial charge in [-0.3, -0.25) is 0 Å². The quantitative estimate of drug-likeness (QED) is 0.279. The fraction of sp³-hybridized carbons (Fsp3) is 0. The molecule has 1 rings (SSSR count). The zero-order chi connectivity index (χ0) is 6.85. The van der Waals surface area contributed by atoms with Crippen LogP contribution in [0.4, 0.5) is 0 Å². The number of nitrogens with zero attached hydrogens (tertiary/aromatic N) is 2. The molecule has 4 nitrogen and oxygen atoms in total. The molecule has 0 aliphatic carbocycles. The lowest BCUT2D eigenvalue weighted by atomic mass is 10.7. The molecule has 1 aromatic rings.